The Balaban J connectivity index is 1.37. The Kier molecular flexibility index (Phi) is 11.0. The SMILES string of the molecule is O=C(O)CCCCC(=O)NCc1ccc([C@H]2O[C@@H](CSc3ccccc3)C[C@@H](c3ccc(CO)cc3)O2)cc1. The number of carbonyl (C=O) groups is 2. The molecular weight excluding hydrogens is 514 g/mol. The third kappa shape index (κ3) is 9.21. The molecule has 0 spiro atoms. The van der Waals surface area contributed by atoms with E-state index in [1.165, 1.54) is 4.90 Å². The summed E-state index contributed by atoms with van der Waals surface area (Å²) in [6, 6.07) is 26.0. The van der Waals surface area contributed by atoms with E-state index in [1.807, 2.05) is 66.7 Å². The molecule has 1 aliphatic heterocycles. The van der Waals surface area contributed by atoms with E-state index >= 15 is 0 Å². The number of aliphatic hydroxyl groups excluding tert-OH is 1. The molecule has 3 aromatic carbocycles. The van der Waals surface area contributed by atoms with Crippen LogP contribution in [0.15, 0.2) is 83.8 Å². The Labute approximate surface area is 233 Å². The molecule has 0 bridgehead atoms. The zero-order valence-corrected chi connectivity index (χ0v) is 22.6. The summed E-state index contributed by atoms with van der Waals surface area (Å²) in [6.07, 6.45) is 1.50. The number of nitrogens with one attached hydrogen (secondary N) is 1. The highest BCUT2D eigenvalue weighted by Gasteiger charge is 2.32. The number of thioether (sulfide) groups is 1. The van der Waals surface area contributed by atoms with Crippen molar-refractivity contribution < 1.29 is 29.3 Å². The number of amides is 1. The molecule has 3 atom stereocenters. The van der Waals surface area contributed by atoms with Gasteiger partial charge in [0.25, 0.3) is 0 Å². The van der Waals surface area contributed by atoms with E-state index in [0.717, 1.165) is 34.4 Å². The zero-order chi connectivity index (χ0) is 27.5. The van der Waals surface area contributed by atoms with Gasteiger partial charge in [0.15, 0.2) is 6.29 Å². The van der Waals surface area contributed by atoms with Crippen molar-refractivity contribution in [3.8, 4) is 0 Å². The molecule has 0 radical (unpaired) electrons. The van der Waals surface area contributed by atoms with Crippen molar-refractivity contribution in [3.05, 3.63) is 101 Å². The van der Waals surface area contributed by atoms with E-state index in [1.54, 1.807) is 11.8 Å². The number of aliphatic hydroxyl groups is 1. The Morgan fingerprint density at radius 1 is 0.846 bits per heavy atom. The van der Waals surface area contributed by atoms with E-state index in [-0.39, 0.29) is 31.1 Å². The van der Waals surface area contributed by atoms with Gasteiger partial charge in [-0.3, -0.25) is 9.59 Å². The number of carboxylic acids is 1. The van der Waals surface area contributed by atoms with Crippen LogP contribution in [-0.2, 0) is 32.2 Å². The molecule has 206 valence electrons. The topological polar surface area (TPSA) is 105 Å². The maximum Gasteiger partial charge on any atom is 0.303 e. The molecule has 0 unspecified atom stereocenters. The quantitative estimate of drug-likeness (QED) is 0.183. The predicted octanol–water partition coefficient (Wildman–Crippen LogP) is 5.78. The van der Waals surface area contributed by atoms with Gasteiger partial charge in [-0.05, 0) is 41.7 Å². The lowest BCUT2D eigenvalue weighted by atomic mass is 10.0. The molecule has 0 saturated carbocycles. The molecule has 3 N–H and O–H groups in total. The van der Waals surface area contributed by atoms with Crippen LogP contribution in [0, 0.1) is 0 Å². The second kappa shape index (κ2) is 14.8. The Morgan fingerprint density at radius 3 is 2.21 bits per heavy atom. The fourth-order valence-corrected chi connectivity index (χ4v) is 5.31. The highest BCUT2D eigenvalue weighted by molar-refractivity contribution is 7.99. The van der Waals surface area contributed by atoms with Crippen LogP contribution < -0.4 is 5.32 Å². The molecular formula is C31H35NO6S. The second-order valence-electron chi connectivity index (χ2n) is 9.59. The first-order chi connectivity index (χ1) is 19.0. The van der Waals surface area contributed by atoms with E-state index in [0.29, 0.717) is 25.8 Å². The number of ether oxygens (including phenoxy) is 2. The summed E-state index contributed by atoms with van der Waals surface area (Å²) in [5, 5.41) is 21.0. The smallest absolute Gasteiger partial charge is 0.303 e. The molecule has 1 aliphatic rings. The average Bonchev–Trinajstić information content (AvgIpc) is 2.98. The molecule has 7 nitrogen and oxygen atoms in total. The van der Waals surface area contributed by atoms with Gasteiger partial charge in [-0.25, -0.2) is 0 Å². The zero-order valence-electron chi connectivity index (χ0n) is 21.8. The number of rotatable bonds is 13. The fourth-order valence-electron chi connectivity index (χ4n) is 4.37. The lowest BCUT2D eigenvalue weighted by Gasteiger charge is -2.36. The normalized spacial score (nSPS) is 18.9. The monoisotopic (exact) mass is 549 g/mol. The van der Waals surface area contributed by atoms with Crippen LogP contribution in [0.2, 0.25) is 0 Å². The summed E-state index contributed by atoms with van der Waals surface area (Å²) in [5.74, 6) is -0.128. The maximum absolute atomic E-state index is 12.1. The van der Waals surface area contributed by atoms with Crippen molar-refractivity contribution in [2.75, 3.05) is 5.75 Å². The molecule has 8 heteroatoms. The van der Waals surface area contributed by atoms with Crippen molar-refractivity contribution in [1.82, 2.24) is 5.32 Å². The molecule has 3 aromatic rings. The Morgan fingerprint density at radius 2 is 1.51 bits per heavy atom. The van der Waals surface area contributed by atoms with Crippen LogP contribution in [-0.4, -0.2) is 33.9 Å². The summed E-state index contributed by atoms with van der Waals surface area (Å²) >= 11 is 1.76. The summed E-state index contributed by atoms with van der Waals surface area (Å²) in [6.45, 7) is 0.409. The van der Waals surface area contributed by atoms with Gasteiger partial charge in [0.05, 0.1) is 18.8 Å². The molecule has 0 aromatic heterocycles. The summed E-state index contributed by atoms with van der Waals surface area (Å²) < 4.78 is 12.8. The minimum absolute atomic E-state index is 0.00536. The minimum atomic E-state index is -0.839. The lowest BCUT2D eigenvalue weighted by Crippen LogP contribution is -2.31. The number of aliphatic carboxylic acids is 1. The summed E-state index contributed by atoms with van der Waals surface area (Å²) in [7, 11) is 0. The van der Waals surface area contributed by atoms with Crippen molar-refractivity contribution in [3.63, 3.8) is 0 Å². The molecule has 1 saturated heterocycles. The number of hydrogen-bond donors (Lipinski definition) is 3. The second-order valence-corrected chi connectivity index (χ2v) is 10.7. The van der Waals surface area contributed by atoms with E-state index in [9.17, 15) is 14.7 Å². The van der Waals surface area contributed by atoms with E-state index < -0.39 is 12.3 Å². The fraction of sp³-hybridized carbons (Fsp3) is 0.355. The van der Waals surface area contributed by atoms with Gasteiger partial charge in [-0.1, -0.05) is 66.7 Å². The van der Waals surface area contributed by atoms with Crippen molar-refractivity contribution in [1.29, 1.82) is 0 Å². The maximum atomic E-state index is 12.1. The molecule has 0 aliphatic carbocycles. The highest BCUT2D eigenvalue weighted by Crippen LogP contribution is 2.39. The van der Waals surface area contributed by atoms with Gasteiger partial charge in [-0.2, -0.15) is 0 Å². The van der Waals surface area contributed by atoms with E-state index in [2.05, 4.69) is 17.4 Å². The first-order valence-corrected chi connectivity index (χ1v) is 14.2. The van der Waals surface area contributed by atoms with Crippen LogP contribution in [0.4, 0.5) is 0 Å². The highest BCUT2D eigenvalue weighted by atomic mass is 32.2. The molecule has 1 heterocycles. The van der Waals surface area contributed by atoms with Gasteiger partial charge in [-0.15, -0.1) is 11.8 Å². The molecule has 39 heavy (non-hydrogen) atoms. The summed E-state index contributed by atoms with van der Waals surface area (Å²) in [5.41, 5.74) is 3.78. The third-order valence-corrected chi connectivity index (χ3v) is 7.72. The average molecular weight is 550 g/mol. The van der Waals surface area contributed by atoms with Crippen LogP contribution in [0.1, 0.15) is 66.8 Å². The van der Waals surface area contributed by atoms with Crippen LogP contribution in [0.3, 0.4) is 0 Å². The number of carboxylic acid groups (broad SMARTS) is 1. The van der Waals surface area contributed by atoms with Crippen molar-refractivity contribution >= 4 is 23.6 Å². The van der Waals surface area contributed by atoms with Crippen LogP contribution in [0.25, 0.3) is 0 Å². The lowest BCUT2D eigenvalue weighted by molar-refractivity contribution is -0.245. The van der Waals surface area contributed by atoms with Gasteiger partial charge in [0.1, 0.15) is 0 Å². The Hall–Kier alpha value is -3.17. The minimum Gasteiger partial charge on any atom is -0.481 e. The van der Waals surface area contributed by atoms with Gasteiger partial charge in [0, 0.05) is 42.0 Å². The number of hydrogen-bond acceptors (Lipinski definition) is 6. The first kappa shape index (κ1) is 28.8. The molecule has 1 fully saturated rings. The predicted molar refractivity (Wildman–Crippen MR) is 150 cm³/mol. The van der Waals surface area contributed by atoms with Crippen molar-refractivity contribution in [2.24, 2.45) is 0 Å². The van der Waals surface area contributed by atoms with Crippen molar-refractivity contribution in [2.45, 2.75) is 68.6 Å². The Bertz CT molecular complexity index is 1190. The number of carbonyl (C=O) groups excluding carboxylic acids is 1. The number of unbranched alkanes of at least 4 members (excludes halogenated alkanes) is 1. The number of benzene rings is 3. The first-order valence-electron chi connectivity index (χ1n) is 13.3. The van der Waals surface area contributed by atoms with Gasteiger partial charge >= 0.3 is 5.97 Å². The van der Waals surface area contributed by atoms with Gasteiger partial charge < -0.3 is 25.0 Å². The standard InChI is InChI=1S/C31H35NO6S/c33-20-23-12-14-24(15-13-23)28-18-26(21-39-27-6-2-1-3-7-27)37-31(38-28)25-16-10-22(11-17-25)19-32-29(34)8-4-5-9-30(35)36/h1-3,6-7,10-17,26,28,31,33H,4-5,8-9,18-21H2,(H,32,34)(H,35,36)/t26-,28+,31+/m1/s1. The largest absolute Gasteiger partial charge is 0.481 e. The summed E-state index contributed by atoms with van der Waals surface area (Å²) in [4.78, 5) is 23.9. The van der Waals surface area contributed by atoms with Gasteiger partial charge in [0.2, 0.25) is 5.91 Å². The third-order valence-electron chi connectivity index (χ3n) is 6.58. The molecule has 1 amide bonds. The van der Waals surface area contributed by atoms with Crippen LogP contribution >= 0.6 is 11.8 Å². The van der Waals surface area contributed by atoms with E-state index in [4.69, 9.17) is 14.6 Å². The molecule has 4 rings (SSSR count). The van der Waals surface area contributed by atoms with Crippen LogP contribution in [0.5, 0.6) is 0 Å².